The molecule has 0 aliphatic carbocycles. The predicted octanol–water partition coefficient (Wildman–Crippen LogP) is 0.715. The Hall–Kier alpha value is -1.27. The molecule has 1 rings (SSSR count). The van der Waals surface area contributed by atoms with Crippen molar-refractivity contribution in [1.29, 1.82) is 5.41 Å². The largest absolute Gasteiger partial charge is 0.506 e. The van der Waals surface area contributed by atoms with Gasteiger partial charge in [-0.15, -0.1) is 0 Å². The molecule has 0 saturated carbocycles. The normalized spacial score (nSPS) is 10.3. The van der Waals surface area contributed by atoms with Gasteiger partial charge < -0.3 is 15.9 Å². The molecule has 0 bridgehead atoms. The number of hydrogen-bond acceptors (Lipinski definition) is 5. The van der Waals surface area contributed by atoms with E-state index in [9.17, 15) is 5.11 Å². The Morgan fingerprint density at radius 1 is 1.67 bits per heavy atom. The lowest BCUT2D eigenvalue weighted by Gasteiger charge is -2.09. The van der Waals surface area contributed by atoms with E-state index in [0.29, 0.717) is 22.6 Å². The number of pyridine rings is 1. The fourth-order valence-corrected chi connectivity index (χ4v) is 1.70. The Balaban J connectivity index is 2.97. The average Bonchev–Trinajstić information content (AvgIpc) is 2.19. The topological polar surface area (TPSA) is 103 Å². The van der Waals surface area contributed by atoms with E-state index in [1.807, 2.05) is 0 Å². The first-order valence-corrected chi connectivity index (χ1v) is 5.28. The summed E-state index contributed by atoms with van der Waals surface area (Å²) < 4.78 is 0. The number of thioether (sulfide) groups is 1. The molecule has 5 N–H and O–H groups in total. The van der Waals surface area contributed by atoms with Crippen LogP contribution in [0.5, 0.6) is 5.75 Å². The summed E-state index contributed by atoms with van der Waals surface area (Å²) in [4.78, 5) is 3.98. The molecule has 1 heterocycles. The standard InChI is InChI=1S/C9H13N3O2S/c1-5-8(14)7(3-13)6(2-12-5)4-15-9(10)11/h2,13-14H,3-4H2,1H3,(H3,10,11). The molecule has 0 spiro atoms. The van der Waals surface area contributed by atoms with Crippen molar-refractivity contribution >= 4 is 16.9 Å². The summed E-state index contributed by atoms with van der Waals surface area (Å²) in [6.07, 6.45) is 1.58. The second kappa shape index (κ2) is 4.99. The van der Waals surface area contributed by atoms with E-state index in [-0.39, 0.29) is 17.5 Å². The van der Waals surface area contributed by atoms with Gasteiger partial charge >= 0.3 is 0 Å². The van der Waals surface area contributed by atoms with E-state index in [1.165, 1.54) is 0 Å². The second-order valence-electron chi connectivity index (χ2n) is 3.01. The molecule has 6 heteroatoms. The number of hydrogen-bond donors (Lipinski definition) is 4. The Morgan fingerprint density at radius 2 is 2.33 bits per heavy atom. The summed E-state index contributed by atoms with van der Waals surface area (Å²) in [6.45, 7) is 1.42. The van der Waals surface area contributed by atoms with Crippen molar-refractivity contribution in [1.82, 2.24) is 4.98 Å². The Bertz CT molecular complexity index is 382. The highest BCUT2D eigenvalue weighted by atomic mass is 32.2. The second-order valence-corrected chi connectivity index (χ2v) is 4.02. The van der Waals surface area contributed by atoms with Crippen molar-refractivity contribution in [2.45, 2.75) is 19.3 Å². The van der Waals surface area contributed by atoms with Crippen molar-refractivity contribution < 1.29 is 10.2 Å². The molecule has 0 aliphatic heterocycles. The maximum atomic E-state index is 9.63. The van der Waals surface area contributed by atoms with Crippen LogP contribution < -0.4 is 5.73 Å². The minimum atomic E-state index is -0.247. The van der Waals surface area contributed by atoms with Crippen molar-refractivity contribution in [3.63, 3.8) is 0 Å². The van der Waals surface area contributed by atoms with E-state index in [0.717, 1.165) is 11.8 Å². The molecule has 0 aromatic carbocycles. The lowest BCUT2D eigenvalue weighted by atomic mass is 10.1. The smallest absolute Gasteiger partial charge is 0.151 e. The average molecular weight is 227 g/mol. The van der Waals surface area contributed by atoms with Crippen molar-refractivity contribution in [3.05, 3.63) is 23.0 Å². The number of aryl methyl sites for hydroxylation is 1. The SMILES string of the molecule is Cc1ncc(CSC(=N)N)c(CO)c1O. The molecule has 1 aromatic heterocycles. The van der Waals surface area contributed by atoms with Crippen LogP contribution in [0.15, 0.2) is 6.20 Å². The van der Waals surface area contributed by atoms with Crippen LogP contribution in [-0.4, -0.2) is 20.4 Å². The van der Waals surface area contributed by atoms with Gasteiger partial charge in [-0.2, -0.15) is 0 Å². The third-order valence-corrected chi connectivity index (χ3v) is 2.74. The Morgan fingerprint density at radius 3 is 2.87 bits per heavy atom. The number of rotatable bonds is 3. The number of aromatic hydroxyl groups is 1. The molecule has 0 aliphatic rings. The summed E-state index contributed by atoms with van der Waals surface area (Å²) in [6, 6.07) is 0. The van der Waals surface area contributed by atoms with Crippen LogP contribution >= 0.6 is 11.8 Å². The summed E-state index contributed by atoms with van der Waals surface area (Å²) >= 11 is 1.13. The molecular weight excluding hydrogens is 214 g/mol. The maximum Gasteiger partial charge on any atom is 0.151 e. The Labute approximate surface area is 91.8 Å². The van der Waals surface area contributed by atoms with Gasteiger partial charge in [0.1, 0.15) is 5.75 Å². The van der Waals surface area contributed by atoms with Gasteiger partial charge in [0.2, 0.25) is 0 Å². The lowest BCUT2D eigenvalue weighted by molar-refractivity contribution is 0.274. The Kier molecular flexibility index (Phi) is 3.93. The van der Waals surface area contributed by atoms with Gasteiger partial charge in [0.25, 0.3) is 0 Å². The minimum absolute atomic E-state index is 0.000968. The quantitative estimate of drug-likeness (QED) is 0.450. The van der Waals surface area contributed by atoms with Gasteiger partial charge in [-0.25, -0.2) is 0 Å². The summed E-state index contributed by atoms with van der Waals surface area (Å²) in [7, 11) is 0. The number of nitrogens with two attached hydrogens (primary N) is 1. The van der Waals surface area contributed by atoms with Crippen LogP contribution in [0.3, 0.4) is 0 Å². The summed E-state index contributed by atoms with van der Waals surface area (Å²) in [5.74, 6) is 0.436. The van der Waals surface area contributed by atoms with Gasteiger partial charge in [-0.05, 0) is 12.5 Å². The van der Waals surface area contributed by atoms with Gasteiger partial charge in [-0.3, -0.25) is 10.4 Å². The third-order valence-electron chi connectivity index (χ3n) is 1.97. The summed E-state index contributed by atoms with van der Waals surface area (Å²) in [5.41, 5.74) is 6.83. The molecule has 0 saturated heterocycles. The number of nitrogens with one attached hydrogen (secondary N) is 1. The van der Waals surface area contributed by atoms with Gasteiger partial charge in [-0.1, -0.05) is 11.8 Å². The highest BCUT2D eigenvalue weighted by Gasteiger charge is 2.10. The molecule has 1 aromatic rings. The third kappa shape index (κ3) is 2.84. The molecule has 0 amide bonds. The molecule has 0 fully saturated rings. The van der Waals surface area contributed by atoms with E-state index in [4.69, 9.17) is 16.2 Å². The van der Waals surface area contributed by atoms with Crippen LogP contribution in [0.25, 0.3) is 0 Å². The van der Waals surface area contributed by atoms with Crippen LogP contribution in [0.1, 0.15) is 16.8 Å². The van der Waals surface area contributed by atoms with Crippen molar-refractivity contribution in [3.8, 4) is 5.75 Å². The van der Waals surface area contributed by atoms with Crippen molar-refractivity contribution in [2.24, 2.45) is 5.73 Å². The maximum absolute atomic E-state index is 9.63. The van der Waals surface area contributed by atoms with Gasteiger partial charge in [0.15, 0.2) is 5.17 Å². The van der Waals surface area contributed by atoms with Gasteiger partial charge in [0, 0.05) is 17.5 Å². The van der Waals surface area contributed by atoms with Gasteiger partial charge in [0.05, 0.1) is 12.3 Å². The molecule has 5 nitrogen and oxygen atoms in total. The van der Waals surface area contributed by atoms with E-state index >= 15 is 0 Å². The zero-order chi connectivity index (χ0) is 11.4. The number of aliphatic hydroxyl groups excluding tert-OH is 1. The van der Waals surface area contributed by atoms with Crippen LogP contribution in [-0.2, 0) is 12.4 Å². The fourth-order valence-electron chi connectivity index (χ4n) is 1.14. The molecule has 82 valence electrons. The molecule has 0 radical (unpaired) electrons. The zero-order valence-electron chi connectivity index (χ0n) is 8.32. The molecule has 15 heavy (non-hydrogen) atoms. The molecule has 0 unspecified atom stereocenters. The lowest BCUT2D eigenvalue weighted by Crippen LogP contribution is -2.05. The monoisotopic (exact) mass is 227 g/mol. The number of aliphatic hydroxyl groups is 1. The molecular formula is C9H13N3O2S. The fraction of sp³-hybridized carbons (Fsp3) is 0.333. The van der Waals surface area contributed by atoms with E-state index < -0.39 is 0 Å². The van der Waals surface area contributed by atoms with E-state index in [2.05, 4.69) is 4.98 Å². The minimum Gasteiger partial charge on any atom is -0.506 e. The molecule has 0 atom stereocenters. The van der Waals surface area contributed by atoms with E-state index in [1.54, 1.807) is 13.1 Å². The first-order valence-electron chi connectivity index (χ1n) is 4.30. The highest BCUT2D eigenvalue weighted by molar-refractivity contribution is 8.13. The van der Waals surface area contributed by atoms with Crippen LogP contribution in [0, 0.1) is 12.3 Å². The number of nitrogens with zero attached hydrogens (tertiary/aromatic N) is 1. The highest BCUT2D eigenvalue weighted by Crippen LogP contribution is 2.26. The number of amidine groups is 1. The van der Waals surface area contributed by atoms with Crippen molar-refractivity contribution in [2.75, 3.05) is 0 Å². The van der Waals surface area contributed by atoms with Crippen LogP contribution in [0.2, 0.25) is 0 Å². The zero-order valence-corrected chi connectivity index (χ0v) is 9.14. The first kappa shape index (κ1) is 11.8. The summed E-state index contributed by atoms with van der Waals surface area (Å²) in [5, 5.41) is 25.8. The predicted molar refractivity (Wildman–Crippen MR) is 59.8 cm³/mol. The number of aromatic nitrogens is 1. The van der Waals surface area contributed by atoms with Crippen LogP contribution in [0.4, 0.5) is 0 Å². The first-order chi connectivity index (χ1) is 7.06.